The molecular formula is C13H14F3NO. The van der Waals surface area contributed by atoms with Crippen molar-refractivity contribution >= 4 is 12.0 Å². The van der Waals surface area contributed by atoms with E-state index in [0.29, 0.717) is 5.56 Å². The van der Waals surface area contributed by atoms with E-state index in [1.54, 1.807) is 13.8 Å². The van der Waals surface area contributed by atoms with Crippen LogP contribution < -0.4 is 5.32 Å². The van der Waals surface area contributed by atoms with Crippen molar-refractivity contribution < 1.29 is 18.0 Å². The lowest BCUT2D eigenvalue weighted by atomic mass is 10.0. The number of hydrogen-bond acceptors (Lipinski definition) is 1. The summed E-state index contributed by atoms with van der Waals surface area (Å²) < 4.78 is 38.5. The maximum Gasteiger partial charge on any atom is 0.417 e. The second kappa shape index (κ2) is 5.25. The Morgan fingerprint density at radius 3 is 2.44 bits per heavy atom. The van der Waals surface area contributed by atoms with Gasteiger partial charge in [0.2, 0.25) is 0 Å². The Bertz CT molecular complexity index is 464. The van der Waals surface area contributed by atoms with Crippen LogP contribution in [0.15, 0.2) is 24.8 Å². The van der Waals surface area contributed by atoms with Crippen molar-refractivity contribution in [3.63, 3.8) is 0 Å². The monoisotopic (exact) mass is 257 g/mol. The van der Waals surface area contributed by atoms with E-state index in [-0.39, 0.29) is 11.6 Å². The van der Waals surface area contributed by atoms with Gasteiger partial charge >= 0.3 is 6.18 Å². The van der Waals surface area contributed by atoms with E-state index < -0.39 is 17.6 Å². The number of hydrogen-bond donors (Lipinski definition) is 1. The minimum absolute atomic E-state index is 0.224. The lowest BCUT2D eigenvalue weighted by molar-refractivity contribution is -0.137. The highest BCUT2D eigenvalue weighted by Crippen LogP contribution is 2.33. The molecule has 0 bridgehead atoms. The van der Waals surface area contributed by atoms with Gasteiger partial charge in [-0.1, -0.05) is 18.7 Å². The number of nitrogens with one attached hydrogen (secondary N) is 1. The molecule has 1 aromatic rings. The average Bonchev–Trinajstić information content (AvgIpc) is 2.26. The average molecular weight is 257 g/mol. The predicted octanol–water partition coefficient (Wildman–Crippen LogP) is 3.49. The Morgan fingerprint density at radius 1 is 1.39 bits per heavy atom. The van der Waals surface area contributed by atoms with Crippen molar-refractivity contribution in [3.8, 4) is 0 Å². The Balaban J connectivity index is 3.26. The molecule has 0 saturated heterocycles. The van der Waals surface area contributed by atoms with Gasteiger partial charge in [0.25, 0.3) is 5.91 Å². The summed E-state index contributed by atoms with van der Waals surface area (Å²) in [5.41, 5.74) is -0.997. The molecule has 0 saturated carbocycles. The molecule has 2 nitrogen and oxygen atoms in total. The quantitative estimate of drug-likeness (QED) is 0.882. The molecule has 5 heteroatoms. The number of carbonyl (C=O) groups is 1. The molecule has 0 atom stereocenters. The van der Waals surface area contributed by atoms with Crippen LogP contribution >= 0.6 is 0 Å². The molecule has 18 heavy (non-hydrogen) atoms. The third kappa shape index (κ3) is 3.35. The standard InChI is InChI=1S/C13H14F3NO/c1-4-9-5-6-10(12(18)17-8(2)3)11(7-9)13(14,15)16/h4-8H,1H2,2-3H3,(H,17,18). The normalized spacial score (nSPS) is 11.4. The predicted molar refractivity (Wildman–Crippen MR) is 64.1 cm³/mol. The van der Waals surface area contributed by atoms with E-state index in [1.165, 1.54) is 12.1 Å². The van der Waals surface area contributed by atoms with E-state index in [1.807, 2.05) is 0 Å². The van der Waals surface area contributed by atoms with Gasteiger partial charge in [0.05, 0.1) is 11.1 Å². The van der Waals surface area contributed by atoms with Crippen LogP contribution in [0, 0.1) is 0 Å². The zero-order valence-corrected chi connectivity index (χ0v) is 10.1. The molecule has 0 aromatic heterocycles. The number of halogens is 3. The number of carbonyl (C=O) groups excluding carboxylic acids is 1. The number of amides is 1. The molecular weight excluding hydrogens is 243 g/mol. The third-order valence-electron chi connectivity index (χ3n) is 2.25. The van der Waals surface area contributed by atoms with Gasteiger partial charge in [0, 0.05) is 6.04 Å². The Morgan fingerprint density at radius 2 is 2.00 bits per heavy atom. The van der Waals surface area contributed by atoms with E-state index in [2.05, 4.69) is 11.9 Å². The second-order valence-electron chi connectivity index (χ2n) is 4.14. The molecule has 1 amide bonds. The van der Waals surface area contributed by atoms with Crippen LogP contribution in [0.1, 0.15) is 35.3 Å². The van der Waals surface area contributed by atoms with Crippen molar-refractivity contribution in [2.24, 2.45) is 0 Å². The van der Waals surface area contributed by atoms with Crippen molar-refractivity contribution in [1.29, 1.82) is 0 Å². The molecule has 0 heterocycles. The zero-order valence-electron chi connectivity index (χ0n) is 10.1. The number of benzene rings is 1. The number of rotatable bonds is 3. The summed E-state index contributed by atoms with van der Waals surface area (Å²) in [7, 11) is 0. The summed E-state index contributed by atoms with van der Waals surface area (Å²) in [5.74, 6) is -0.729. The fourth-order valence-corrected chi connectivity index (χ4v) is 1.46. The fourth-order valence-electron chi connectivity index (χ4n) is 1.46. The van der Waals surface area contributed by atoms with Gasteiger partial charge in [-0.25, -0.2) is 0 Å². The van der Waals surface area contributed by atoms with Crippen LogP contribution in [0.5, 0.6) is 0 Å². The summed E-state index contributed by atoms with van der Waals surface area (Å²) in [5, 5.41) is 2.44. The molecule has 1 rings (SSSR count). The first-order valence-corrected chi connectivity index (χ1v) is 5.40. The Labute approximate surface area is 104 Å². The first-order valence-electron chi connectivity index (χ1n) is 5.40. The first kappa shape index (κ1) is 14.3. The van der Waals surface area contributed by atoms with Crippen LogP contribution in [-0.4, -0.2) is 11.9 Å². The largest absolute Gasteiger partial charge is 0.417 e. The van der Waals surface area contributed by atoms with Crippen LogP contribution in [0.3, 0.4) is 0 Å². The summed E-state index contributed by atoms with van der Waals surface area (Å²) >= 11 is 0. The van der Waals surface area contributed by atoms with Crippen LogP contribution in [-0.2, 0) is 6.18 Å². The molecule has 0 fully saturated rings. The minimum Gasteiger partial charge on any atom is -0.350 e. The van der Waals surface area contributed by atoms with Crippen molar-refractivity contribution in [1.82, 2.24) is 5.32 Å². The SMILES string of the molecule is C=Cc1ccc(C(=O)NC(C)C)c(C(F)(F)F)c1. The maximum atomic E-state index is 12.8. The smallest absolute Gasteiger partial charge is 0.350 e. The first-order chi connectivity index (χ1) is 8.25. The zero-order chi connectivity index (χ0) is 13.9. The van der Waals surface area contributed by atoms with Gasteiger partial charge in [-0.05, 0) is 31.5 Å². The fraction of sp³-hybridized carbons (Fsp3) is 0.308. The molecule has 0 unspecified atom stereocenters. The van der Waals surface area contributed by atoms with E-state index in [4.69, 9.17) is 0 Å². The Kier molecular flexibility index (Phi) is 4.16. The summed E-state index contributed by atoms with van der Waals surface area (Å²) in [4.78, 5) is 11.7. The highest BCUT2D eigenvalue weighted by atomic mass is 19.4. The maximum absolute atomic E-state index is 12.8. The molecule has 98 valence electrons. The molecule has 1 aromatic carbocycles. The van der Waals surface area contributed by atoms with Gasteiger partial charge in [0.15, 0.2) is 0 Å². The minimum atomic E-state index is -4.57. The highest BCUT2D eigenvalue weighted by molar-refractivity contribution is 5.96. The van der Waals surface area contributed by atoms with Gasteiger partial charge in [-0.15, -0.1) is 0 Å². The highest BCUT2D eigenvalue weighted by Gasteiger charge is 2.35. The van der Waals surface area contributed by atoms with E-state index >= 15 is 0 Å². The topological polar surface area (TPSA) is 29.1 Å². The molecule has 0 aliphatic carbocycles. The molecule has 0 spiro atoms. The van der Waals surface area contributed by atoms with Gasteiger partial charge in [-0.3, -0.25) is 4.79 Å². The van der Waals surface area contributed by atoms with Gasteiger partial charge in [0.1, 0.15) is 0 Å². The van der Waals surface area contributed by atoms with Gasteiger partial charge in [-0.2, -0.15) is 13.2 Å². The van der Waals surface area contributed by atoms with Crippen LogP contribution in [0.2, 0.25) is 0 Å². The Hall–Kier alpha value is -1.78. The van der Waals surface area contributed by atoms with E-state index in [9.17, 15) is 18.0 Å². The lowest BCUT2D eigenvalue weighted by Gasteiger charge is -2.15. The van der Waals surface area contributed by atoms with Crippen molar-refractivity contribution in [3.05, 3.63) is 41.5 Å². The summed E-state index contributed by atoms with van der Waals surface area (Å²) in [6.07, 6.45) is -3.26. The molecule has 0 radical (unpaired) electrons. The van der Waals surface area contributed by atoms with Gasteiger partial charge < -0.3 is 5.32 Å². The second-order valence-corrected chi connectivity index (χ2v) is 4.14. The summed E-state index contributed by atoms with van der Waals surface area (Å²) in [6.45, 7) is 6.78. The number of alkyl halides is 3. The van der Waals surface area contributed by atoms with Crippen LogP contribution in [0.25, 0.3) is 6.08 Å². The lowest BCUT2D eigenvalue weighted by Crippen LogP contribution is -2.31. The van der Waals surface area contributed by atoms with Crippen molar-refractivity contribution in [2.45, 2.75) is 26.1 Å². The third-order valence-corrected chi connectivity index (χ3v) is 2.25. The molecule has 1 N–H and O–H groups in total. The molecule has 0 aliphatic rings. The van der Waals surface area contributed by atoms with Crippen molar-refractivity contribution in [2.75, 3.05) is 0 Å². The van der Waals surface area contributed by atoms with E-state index in [0.717, 1.165) is 12.1 Å². The van der Waals surface area contributed by atoms with Crippen LogP contribution in [0.4, 0.5) is 13.2 Å². The summed E-state index contributed by atoms with van der Waals surface area (Å²) in [6, 6.07) is 3.29. The molecule has 0 aliphatic heterocycles.